The Morgan fingerprint density at radius 2 is 2.00 bits per heavy atom. The van der Waals surface area contributed by atoms with Crippen molar-refractivity contribution in [3.63, 3.8) is 0 Å². The minimum atomic E-state index is 0.412. The van der Waals surface area contributed by atoms with Gasteiger partial charge in [0, 0.05) is 21.3 Å². The lowest BCUT2D eigenvalue weighted by Gasteiger charge is -2.10. The summed E-state index contributed by atoms with van der Waals surface area (Å²) in [5, 5.41) is 0.412. The lowest BCUT2D eigenvalue weighted by Crippen LogP contribution is -2.06. The molecule has 2 unspecified atom stereocenters. The van der Waals surface area contributed by atoms with E-state index >= 15 is 0 Å². The van der Waals surface area contributed by atoms with Gasteiger partial charge >= 0.3 is 0 Å². The topological polar surface area (TPSA) is 0 Å². The molecule has 4 heteroatoms. The lowest BCUT2D eigenvalue weighted by molar-refractivity contribution is 1.05. The Morgan fingerprint density at radius 3 is 2.40 bits per heavy atom. The molecule has 0 aromatic rings. The third-order valence-electron chi connectivity index (χ3n) is 1.04. The maximum absolute atomic E-state index is 4.35. The van der Waals surface area contributed by atoms with Gasteiger partial charge in [-0.2, -0.15) is 37.9 Å². The molecular weight excluding hydrogens is 200 g/mol. The molecule has 10 heavy (non-hydrogen) atoms. The summed E-state index contributed by atoms with van der Waals surface area (Å²) in [6.45, 7) is 2.14. The van der Waals surface area contributed by atoms with Gasteiger partial charge in [-0.25, -0.2) is 0 Å². The molecule has 2 atom stereocenters. The van der Waals surface area contributed by atoms with Crippen molar-refractivity contribution in [3.05, 3.63) is 0 Å². The summed E-state index contributed by atoms with van der Waals surface area (Å²) < 4.78 is 0.467. The predicted octanol–water partition coefficient (Wildman–Crippen LogP) is 2.61. The highest BCUT2D eigenvalue weighted by Crippen LogP contribution is 2.20. The maximum Gasteiger partial charge on any atom is 0.0470 e. The molecule has 0 aliphatic carbocycles. The maximum atomic E-state index is 4.35. The molecule has 0 fully saturated rings. The number of rotatable bonds is 5. The molecule has 0 bridgehead atoms. The van der Waals surface area contributed by atoms with Gasteiger partial charge < -0.3 is 0 Å². The fourth-order valence-corrected chi connectivity index (χ4v) is 2.01. The van der Waals surface area contributed by atoms with Gasteiger partial charge in [-0.05, 0) is 6.42 Å². The van der Waals surface area contributed by atoms with Gasteiger partial charge in [0.1, 0.15) is 0 Å². The van der Waals surface area contributed by atoms with E-state index in [-0.39, 0.29) is 0 Å². The Balaban J connectivity index is 3.17. The molecule has 0 aromatic heterocycles. The third kappa shape index (κ3) is 6.13. The molecule has 0 radical (unpaired) electrons. The number of hydrogen-bond acceptors (Lipinski definition) is 4. The van der Waals surface area contributed by atoms with Gasteiger partial charge in [-0.1, -0.05) is 6.92 Å². The SMILES string of the molecule is CCC(S)SCC(S)CS. The van der Waals surface area contributed by atoms with Crippen molar-refractivity contribution < 1.29 is 0 Å². The van der Waals surface area contributed by atoms with Gasteiger partial charge in [0.15, 0.2) is 0 Å². The van der Waals surface area contributed by atoms with Crippen LogP contribution in [0.1, 0.15) is 13.3 Å². The van der Waals surface area contributed by atoms with E-state index in [2.05, 4.69) is 44.8 Å². The molecule has 0 saturated heterocycles. The van der Waals surface area contributed by atoms with E-state index in [1.165, 1.54) is 0 Å². The summed E-state index contributed by atoms with van der Waals surface area (Å²) in [6, 6.07) is 0. The Labute approximate surface area is 84.2 Å². The Kier molecular flexibility index (Phi) is 8.06. The van der Waals surface area contributed by atoms with Gasteiger partial charge in [0.05, 0.1) is 0 Å². The standard InChI is InChI=1S/C6H14S4/c1-2-6(9)10-4-5(8)3-7/h5-9H,2-4H2,1H3. The van der Waals surface area contributed by atoms with E-state index in [9.17, 15) is 0 Å². The van der Waals surface area contributed by atoms with E-state index < -0.39 is 0 Å². The number of thioether (sulfide) groups is 1. The van der Waals surface area contributed by atoms with Crippen LogP contribution in [0.5, 0.6) is 0 Å². The highest BCUT2D eigenvalue weighted by atomic mass is 32.2. The molecule has 0 amide bonds. The van der Waals surface area contributed by atoms with E-state index in [1.54, 1.807) is 0 Å². The van der Waals surface area contributed by atoms with Crippen LogP contribution < -0.4 is 0 Å². The predicted molar refractivity (Wildman–Crippen MR) is 62.2 cm³/mol. The summed E-state index contributed by atoms with van der Waals surface area (Å²) in [6.07, 6.45) is 1.11. The summed E-state index contributed by atoms with van der Waals surface area (Å²) in [7, 11) is 0. The fraction of sp³-hybridized carbons (Fsp3) is 1.00. The normalized spacial score (nSPS) is 16.8. The van der Waals surface area contributed by atoms with Crippen molar-refractivity contribution in [1.82, 2.24) is 0 Å². The van der Waals surface area contributed by atoms with Gasteiger partial charge in [-0.15, -0.1) is 11.8 Å². The Bertz CT molecular complexity index is 66.1. The minimum absolute atomic E-state index is 0.412. The summed E-state index contributed by atoms with van der Waals surface area (Å²) in [5.41, 5.74) is 0. The van der Waals surface area contributed by atoms with E-state index in [1.807, 2.05) is 11.8 Å². The lowest BCUT2D eigenvalue weighted by atomic mass is 10.5. The van der Waals surface area contributed by atoms with E-state index in [0.29, 0.717) is 9.83 Å². The molecule has 0 saturated carbocycles. The monoisotopic (exact) mass is 214 g/mol. The van der Waals surface area contributed by atoms with Crippen LogP contribution in [-0.4, -0.2) is 21.3 Å². The molecule has 0 heterocycles. The number of thiol groups is 3. The van der Waals surface area contributed by atoms with Crippen LogP contribution in [0.15, 0.2) is 0 Å². The number of hydrogen-bond donors (Lipinski definition) is 3. The van der Waals surface area contributed by atoms with Crippen LogP contribution in [0.4, 0.5) is 0 Å². The average Bonchev–Trinajstić information content (AvgIpc) is 1.99. The molecule has 0 N–H and O–H groups in total. The van der Waals surface area contributed by atoms with Crippen LogP contribution in [-0.2, 0) is 0 Å². The Morgan fingerprint density at radius 1 is 1.40 bits per heavy atom. The van der Waals surface area contributed by atoms with E-state index in [4.69, 9.17) is 0 Å². The van der Waals surface area contributed by atoms with Crippen molar-refractivity contribution in [3.8, 4) is 0 Å². The first kappa shape index (κ1) is 11.4. The van der Waals surface area contributed by atoms with Crippen molar-refractivity contribution in [1.29, 1.82) is 0 Å². The zero-order valence-electron chi connectivity index (χ0n) is 6.03. The molecule has 0 rings (SSSR count). The van der Waals surface area contributed by atoms with Crippen molar-refractivity contribution in [2.75, 3.05) is 11.5 Å². The summed E-state index contributed by atoms with van der Waals surface area (Å²) in [5.74, 6) is 1.90. The largest absolute Gasteiger partial charge is 0.178 e. The molecule has 0 aliphatic rings. The molecule has 0 aromatic carbocycles. The highest BCUT2D eigenvalue weighted by molar-refractivity contribution is 8.10. The summed E-state index contributed by atoms with van der Waals surface area (Å²) >= 11 is 14.6. The van der Waals surface area contributed by atoms with Crippen LogP contribution >= 0.6 is 49.6 Å². The average molecular weight is 214 g/mol. The second-order valence-electron chi connectivity index (χ2n) is 2.03. The first-order valence-electron chi connectivity index (χ1n) is 3.29. The first-order valence-corrected chi connectivity index (χ1v) is 6.00. The smallest absolute Gasteiger partial charge is 0.0470 e. The molecule has 0 nitrogen and oxygen atoms in total. The van der Waals surface area contributed by atoms with Crippen LogP contribution in [0.2, 0.25) is 0 Å². The zero-order chi connectivity index (χ0) is 7.98. The molecule has 62 valence electrons. The van der Waals surface area contributed by atoms with Crippen LogP contribution in [0.3, 0.4) is 0 Å². The fourth-order valence-electron chi connectivity index (χ4n) is 0.393. The van der Waals surface area contributed by atoms with Gasteiger partial charge in [0.25, 0.3) is 0 Å². The molecule has 0 aliphatic heterocycles. The second-order valence-corrected chi connectivity index (χ2v) is 5.34. The quantitative estimate of drug-likeness (QED) is 0.467. The Hall–Kier alpha value is 1.40. The first-order chi connectivity index (χ1) is 4.70. The molecular formula is C6H14S4. The second kappa shape index (κ2) is 7.07. The van der Waals surface area contributed by atoms with Gasteiger partial charge in [-0.3, -0.25) is 0 Å². The van der Waals surface area contributed by atoms with E-state index in [0.717, 1.165) is 17.9 Å². The minimum Gasteiger partial charge on any atom is -0.178 e. The molecule has 0 spiro atoms. The van der Waals surface area contributed by atoms with Crippen molar-refractivity contribution >= 4 is 49.6 Å². The third-order valence-corrected chi connectivity index (χ3v) is 4.51. The zero-order valence-corrected chi connectivity index (χ0v) is 9.53. The van der Waals surface area contributed by atoms with Crippen LogP contribution in [0.25, 0.3) is 0 Å². The summed E-state index contributed by atoms with van der Waals surface area (Å²) in [4.78, 5) is 0. The van der Waals surface area contributed by atoms with Crippen molar-refractivity contribution in [2.45, 2.75) is 23.2 Å². The van der Waals surface area contributed by atoms with Gasteiger partial charge in [0.2, 0.25) is 0 Å². The highest BCUT2D eigenvalue weighted by Gasteiger charge is 2.04. The van der Waals surface area contributed by atoms with Crippen LogP contribution in [0, 0.1) is 0 Å². The van der Waals surface area contributed by atoms with Crippen molar-refractivity contribution in [2.24, 2.45) is 0 Å².